The minimum atomic E-state index is -0.574. The molecule has 106 valence electrons. The smallest absolute Gasteiger partial charge is 0.107 e. The lowest BCUT2D eigenvalue weighted by atomic mass is 9.96. The van der Waals surface area contributed by atoms with Crippen molar-refractivity contribution < 1.29 is 9.84 Å². The number of benzene rings is 2. The van der Waals surface area contributed by atoms with E-state index in [4.69, 9.17) is 4.74 Å². The molecule has 0 bridgehead atoms. The van der Waals surface area contributed by atoms with Gasteiger partial charge in [-0.25, -0.2) is 0 Å². The monoisotopic (exact) mass is 271 g/mol. The summed E-state index contributed by atoms with van der Waals surface area (Å²) in [6.07, 6.45) is -0.718. The van der Waals surface area contributed by atoms with E-state index in [9.17, 15) is 5.11 Å². The van der Waals surface area contributed by atoms with Gasteiger partial charge in [-0.2, -0.15) is 0 Å². The molecular formula is C17H21NO2. The summed E-state index contributed by atoms with van der Waals surface area (Å²) in [6.45, 7) is 5.59. The molecule has 3 rings (SSSR count). The van der Waals surface area contributed by atoms with E-state index in [1.807, 2.05) is 24.3 Å². The van der Waals surface area contributed by atoms with E-state index >= 15 is 0 Å². The van der Waals surface area contributed by atoms with Crippen molar-refractivity contribution in [2.75, 3.05) is 26.2 Å². The highest BCUT2D eigenvalue weighted by Crippen LogP contribution is 2.28. The Morgan fingerprint density at radius 3 is 2.90 bits per heavy atom. The SMILES string of the molecule is CCN1CCOC(C(O)c2cccc3ccccc23)C1. The number of aliphatic hydroxyl groups excluding tert-OH is 1. The number of rotatable bonds is 3. The predicted octanol–water partition coefficient (Wildman–Crippen LogP) is 2.59. The first-order chi connectivity index (χ1) is 9.79. The van der Waals surface area contributed by atoms with E-state index in [-0.39, 0.29) is 6.10 Å². The molecule has 1 saturated heterocycles. The Labute approximate surface area is 119 Å². The fraction of sp³-hybridized carbons (Fsp3) is 0.412. The number of aliphatic hydroxyl groups is 1. The molecule has 0 aromatic heterocycles. The van der Waals surface area contributed by atoms with Gasteiger partial charge in [-0.05, 0) is 22.9 Å². The van der Waals surface area contributed by atoms with Crippen LogP contribution in [0.15, 0.2) is 42.5 Å². The maximum atomic E-state index is 10.7. The molecule has 1 fully saturated rings. The predicted molar refractivity (Wildman–Crippen MR) is 80.8 cm³/mol. The van der Waals surface area contributed by atoms with Gasteiger partial charge in [0.2, 0.25) is 0 Å². The van der Waals surface area contributed by atoms with Gasteiger partial charge >= 0.3 is 0 Å². The van der Waals surface area contributed by atoms with Gasteiger partial charge in [0.05, 0.1) is 6.61 Å². The Kier molecular flexibility index (Phi) is 4.01. The first-order valence-corrected chi connectivity index (χ1v) is 7.29. The Bertz CT molecular complexity index is 579. The molecule has 20 heavy (non-hydrogen) atoms. The number of hydrogen-bond acceptors (Lipinski definition) is 3. The lowest BCUT2D eigenvalue weighted by Crippen LogP contribution is -2.44. The molecule has 0 aliphatic carbocycles. The molecule has 1 N–H and O–H groups in total. The molecule has 0 spiro atoms. The number of likely N-dealkylation sites (N-methyl/N-ethyl adjacent to an activating group) is 1. The second-order valence-electron chi connectivity index (χ2n) is 5.32. The third-order valence-corrected chi connectivity index (χ3v) is 4.12. The van der Waals surface area contributed by atoms with Crippen molar-refractivity contribution >= 4 is 10.8 Å². The van der Waals surface area contributed by atoms with Crippen molar-refractivity contribution in [3.8, 4) is 0 Å². The normalized spacial score (nSPS) is 22.0. The van der Waals surface area contributed by atoms with Crippen molar-refractivity contribution in [3.05, 3.63) is 48.0 Å². The fourth-order valence-electron chi connectivity index (χ4n) is 2.92. The van der Waals surface area contributed by atoms with E-state index in [0.29, 0.717) is 6.61 Å². The summed E-state index contributed by atoms with van der Waals surface area (Å²) in [4.78, 5) is 2.32. The molecule has 1 aliphatic heterocycles. The van der Waals surface area contributed by atoms with Crippen LogP contribution in [0.5, 0.6) is 0 Å². The van der Waals surface area contributed by atoms with Crippen LogP contribution in [0.25, 0.3) is 10.8 Å². The third kappa shape index (κ3) is 2.57. The summed E-state index contributed by atoms with van der Waals surface area (Å²) < 4.78 is 5.78. The Morgan fingerprint density at radius 1 is 1.25 bits per heavy atom. The van der Waals surface area contributed by atoms with Crippen LogP contribution in [0, 0.1) is 0 Å². The maximum Gasteiger partial charge on any atom is 0.107 e. The number of morpholine rings is 1. The van der Waals surface area contributed by atoms with E-state index < -0.39 is 6.10 Å². The Morgan fingerprint density at radius 2 is 2.05 bits per heavy atom. The van der Waals surface area contributed by atoms with Gasteiger partial charge in [0, 0.05) is 13.1 Å². The van der Waals surface area contributed by atoms with E-state index in [1.54, 1.807) is 0 Å². The van der Waals surface area contributed by atoms with Gasteiger partial charge in [0.15, 0.2) is 0 Å². The van der Waals surface area contributed by atoms with Crippen LogP contribution in [-0.2, 0) is 4.74 Å². The zero-order valence-corrected chi connectivity index (χ0v) is 11.8. The molecule has 2 atom stereocenters. The highest BCUT2D eigenvalue weighted by Gasteiger charge is 2.28. The fourth-order valence-corrected chi connectivity index (χ4v) is 2.92. The van der Waals surface area contributed by atoms with Gasteiger partial charge in [0.25, 0.3) is 0 Å². The first-order valence-electron chi connectivity index (χ1n) is 7.29. The van der Waals surface area contributed by atoms with Gasteiger partial charge in [-0.3, -0.25) is 4.90 Å². The summed E-state index contributed by atoms with van der Waals surface area (Å²) in [7, 11) is 0. The van der Waals surface area contributed by atoms with Gasteiger partial charge in [-0.15, -0.1) is 0 Å². The highest BCUT2D eigenvalue weighted by molar-refractivity contribution is 5.86. The lowest BCUT2D eigenvalue weighted by molar-refractivity contribution is -0.0884. The number of hydrogen-bond donors (Lipinski definition) is 1. The minimum Gasteiger partial charge on any atom is -0.386 e. The maximum absolute atomic E-state index is 10.7. The molecule has 0 radical (unpaired) electrons. The minimum absolute atomic E-state index is 0.144. The topological polar surface area (TPSA) is 32.7 Å². The average Bonchev–Trinajstić information content (AvgIpc) is 2.53. The molecule has 2 aromatic carbocycles. The van der Waals surface area contributed by atoms with Crippen LogP contribution in [0.1, 0.15) is 18.6 Å². The summed E-state index contributed by atoms with van der Waals surface area (Å²) in [5.74, 6) is 0. The van der Waals surface area contributed by atoms with Crippen molar-refractivity contribution in [3.63, 3.8) is 0 Å². The average molecular weight is 271 g/mol. The Hall–Kier alpha value is -1.42. The zero-order chi connectivity index (χ0) is 13.9. The second-order valence-corrected chi connectivity index (χ2v) is 5.32. The van der Waals surface area contributed by atoms with Crippen LogP contribution in [0.2, 0.25) is 0 Å². The summed E-state index contributed by atoms with van der Waals surface area (Å²) in [5.41, 5.74) is 0.964. The van der Waals surface area contributed by atoms with Crippen molar-refractivity contribution in [2.45, 2.75) is 19.1 Å². The summed E-state index contributed by atoms with van der Waals surface area (Å²) >= 11 is 0. The zero-order valence-electron chi connectivity index (χ0n) is 11.8. The molecular weight excluding hydrogens is 250 g/mol. The van der Waals surface area contributed by atoms with Gasteiger partial charge < -0.3 is 9.84 Å². The lowest BCUT2D eigenvalue weighted by Gasteiger charge is -2.35. The molecule has 2 unspecified atom stereocenters. The summed E-state index contributed by atoms with van der Waals surface area (Å²) in [5, 5.41) is 13.0. The Balaban J connectivity index is 1.90. The number of nitrogens with zero attached hydrogens (tertiary/aromatic N) is 1. The first kappa shape index (κ1) is 13.6. The standard InChI is InChI=1S/C17H21NO2/c1-2-18-10-11-20-16(12-18)17(19)15-9-5-7-13-6-3-4-8-14(13)15/h3-9,16-17,19H,2,10-12H2,1H3. The van der Waals surface area contributed by atoms with Crippen molar-refractivity contribution in [1.29, 1.82) is 0 Å². The highest BCUT2D eigenvalue weighted by atomic mass is 16.5. The van der Waals surface area contributed by atoms with Crippen molar-refractivity contribution in [1.82, 2.24) is 4.90 Å². The molecule has 3 nitrogen and oxygen atoms in total. The third-order valence-electron chi connectivity index (χ3n) is 4.12. The van der Waals surface area contributed by atoms with Crippen LogP contribution in [-0.4, -0.2) is 42.4 Å². The van der Waals surface area contributed by atoms with Crippen LogP contribution < -0.4 is 0 Å². The summed E-state index contributed by atoms with van der Waals surface area (Å²) in [6, 6.07) is 14.3. The van der Waals surface area contributed by atoms with E-state index in [1.165, 1.54) is 0 Å². The molecule has 2 aromatic rings. The van der Waals surface area contributed by atoms with Crippen molar-refractivity contribution in [2.24, 2.45) is 0 Å². The molecule has 1 heterocycles. The van der Waals surface area contributed by atoms with Gasteiger partial charge in [-0.1, -0.05) is 49.4 Å². The van der Waals surface area contributed by atoms with Crippen LogP contribution >= 0.6 is 0 Å². The number of fused-ring (bicyclic) bond motifs is 1. The van der Waals surface area contributed by atoms with Gasteiger partial charge in [0.1, 0.15) is 12.2 Å². The number of ether oxygens (including phenoxy) is 1. The van der Waals surface area contributed by atoms with E-state index in [2.05, 4.69) is 30.0 Å². The largest absolute Gasteiger partial charge is 0.386 e. The second kappa shape index (κ2) is 5.92. The molecule has 0 amide bonds. The molecule has 0 saturated carbocycles. The van der Waals surface area contributed by atoms with Crippen LogP contribution in [0.4, 0.5) is 0 Å². The quantitative estimate of drug-likeness (QED) is 0.931. The van der Waals surface area contributed by atoms with Crippen LogP contribution in [0.3, 0.4) is 0 Å². The molecule has 3 heteroatoms. The van der Waals surface area contributed by atoms with E-state index in [0.717, 1.165) is 36.0 Å². The molecule has 1 aliphatic rings.